The van der Waals surface area contributed by atoms with E-state index in [4.69, 9.17) is 9.31 Å². The lowest BCUT2D eigenvalue weighted by Crippen LogP contribution is -2.42. The summed E-state index contributed by atoms with van der Waals surface area (Å²) in [6.45, 7) is 12.6. The van der Waals surface area contributed by atoms with Gasteiger partial charge in [0.2, 0.25) is 0 Å². The molecule has 0 radical (unpaired) electrons. The second-order valence-corrected chi connectivity index (χ2v) is 5.34. The van der Waals surface area contributed by atoms with E-state index in [0.717, 1.165) is 13.2 Å². The van der Waals surface area contributed by atoms with E-state index in [2.05, 4.69) is 34.6 Å². The lowest BCUT2D eigenvalue weighted by atomic mass is 9.71. The second kappa shape index (κ2) is 4.01. The smallest absolute Gasteiger partial charge is 0.411 e. The average molecular weight is 184 g/mol. The molecule has 3 heteroatoms. The van der Waals surface area contributed by atoms with E-state index in [-0.39, 0.29) is 7.12 Å². The van der Waals surface area contributed by atoms with E-state index in [1.54, 1.807) is 0 Å². The Hall–Kier alpha value is -0.0151. The van der Waals surface area contributed by atoms with E-state index in [9.17, 15) is 0 Å². The highest BCUT2D eigenvalue weighted by Gasteiger charge is 2.34. The van der Waals surface area contributed by atoms with Crippen LogP contribution in [0.15, 0.2) is 0 Å². The normalized spacial score (nSPS) is 21.2. The summed E-state index contributed by atoms with van der Waals surface area (Å²) in [6.07, 6.45) is 0. The van der Waals surface area contributed by atoms with Crippen molar-refractivity contribution in [3.63, 3.8) is 0 Å². The predicted molar refractivity (Wildman–Crippen MR) is 55.7 cm³/mol. The fraction of sp³-hybridized carbons (Fsp3) is 1.00. The second-order valence-electron chi connectivity index (χ2n) is 5.34. The molecule has 2 nitrogen and oxygen atoms in total. The minimum atomic E-state index is 0.0126. The third-order valence-corrected chi connectivity index (χ3v) is 2.69. The van der Waals surface area contributed by atoms with Crippen LogP contribution >= 0.6 is 0 Å². The first-order valence-corrected chi connectivity index (χ1v) is 5.14. The van der Waals surface area contributed by atoms with Crippen LogP contribution in [0.4, 0.5) is 0 Å². The molecule has 1 rings (SSSR count). The Bertz CT molecular complexity index is 155. The maximum atomic E-state index is 5.66. The topological polar surface area (TPSA) is 18.5 Å². The van der Waals surface area contributed by atoms with Crippen molar-refractivity contribution in [2.75, 3.05) is 13.2 Å². The van der Waals surface area contributed by atoms with Gasteiger partial charge < -0.3 is 9.31 Å². The molecule has 0 atom stereocenters. The minimum absolute atomic E-state index is 0.0126. The molecule has 0 aromatic carbocycles. The first-order valence-electron chi connectivity index (χ1n) is 5.14. The van der Waals surface area contributed by atoms with Gasteiger partial charge >= 0.3 is 7.12 Å². The summed E-state index contributed by atoms with van der Waals surface area (Å²) in [5.74, 6) is 0.989. The molecule has 0 amide bonds. The van der Waals surface area contributed by atoms with Crippen molar-refractivity contribution >= 4 is 7.12 Å². The highest BCUT2D eigenvalue weighted by molar-refractivity contribution is 6.46. The third-order valence-electron chi connectivity index (χ3n) is 2.69. The van der Waals surface area contributed by atoms with Crippen molar-refractivity contribution in [2.24, 2.45) is 11.3 Å². The van der Waals surface area contributed by atoms with E-state index >= 15 is 0 Å². The van der Waals surface area contributed by atoms with Crippen LogP contribution in [0.2, 0.25) is 5.82 Å². The van der Waals surface area contributed by atoms with Gasteiger partial charge in [-0.05, 0) is 11.2 Å². The summed E-state index contributed by atoms with van der Waals surface area (Å²) in [5, 5.41) is 0. The minimum Gasteiger partial charge on any atom is -0.411 e. The average Bonchev–Trinajstić information content (AvgIpc) is 2.03. The zero-order chi connectivity index (χ0) is 10.1. The lowest BCUT2D eigenvalue weighted by Gasteiger charge is -2.36. The molecule has 76 valence electrons. The van der Waals surface area contributed by atoms with Gasteiger partial charge in [0, 0.05) is 19.1 Å². The molecule has 0 aromatic rings. The van der Waals surface area contributed by atoms with E-state index in [1.807, 2.05) is 0 Å². The van der Waals surface area contributed by atoms with Gasteiger partial charge in [0.05, 0.1) is 0 Å². The fourth-order valence-electron chi connectivity index (χ4n) is 1.40. The third kappa shape index (κ3) is 2.99. The molecule has 0 N–H and O–H groups in total. The Morgan fingerprint density at radius 3 is 1.92 bits per heavy atom. The van der Waals surface area contributed by atoms with Crippen LogP contribution in [0.5, 0.6) is 0 Å². The van der Waals surface area contributed by atoms with Gasteiger partial charge in [0.25, 0.3) is 0 Å². The summed E-state index contributed by atoms with van der Waals surface area (Å²) in [4.78, 5) is 0. The van der Waals surface area contributed by atoms with Gasteiger partial charge in [-0.3, -0.25) is 0 Å². The molecule has 1 aliphatic heterocycles. The summed E-state index contributed by atoms with van der Waals surface area (Å²) in [5.41, 5.74) is 0.294. The van der Waals surface area contributed by atoms with Crippen LogP contribution in [0, 0.1) is 11.3 Å². The molecular formula is C10H21BO2. The Morgan fingerprint density at radius 2 is 1.62 bits per heavy atom. The summed E-state index contributed by atoms with van der Waals surface area (Å²) in [6, 6.07) is 0. The summed E-state index contributed by atoms with van der Waals surface area (Å²) < 4.78 is 11.3. The first-order chi connectivity index (χ1) is 5.91. The number of rotatable bonds is 1. The van der Waals surface area contributed by atoms with Crippen LogP contribution in [0.3, 0.4) is 0 Å². The van der Waals surface area contributed by atoms with Crippen molar-refractivity contribution in [3.8, 4) is 0 Å². The van der Waals surface area contributed by atoms with Crippen LogP contribution < -0.4 is 0 Å². The molecule has 0 spiro atoms. The number of hydrogen-bond acceptors (Lipinski definition) is 2. The van der Waals surface area contributed by atoms with Gasteiger partial charge in [0.1, 0.15) is 0 Å². The quantitative estimate of drug-likeness (QED) is 0.583. The van der Waals surface area contributed by atoms with Crippen LogP contribution in [-0.2, 0) is 9.31 Å². The monoisotopic (exact) mass is 184 g/mol. The maximum absolute atomic E-state index is 5.66. The molecule has 1 aliphatic rings. The number of hydrogen-bond donors (Lipinski definition) is 0. The lowest BCUT2D eigenvalue weighted by molar-refractivity contribution is 0.0213. The Balaban J connectivity index is 2.39. The first kappa shape index (κ1) is 11.1. The largest absolute Gasteiger partial charge is 0.459 e. The van der Waals surface area contributed by atoms with Gasteiger partial charge in [-0.1, -0.05) is 34.6 Å². The molecule has 0 saturated carbocycles. The van der Waals surface area contributed by atoms with Crippen molar-refractivity contribution in [1.29, 1.82) is 0 Å². The SMILES string of the molecule is CC(C)B1OCC(C(C)(C)C)CO1. The van der Waals surface area contributed by atoms with Gasteiger partial charge in [0.15, 0.2) is 0 Å². The molecular weight excluding hydrogens is 163 g/mol. The van der Waals surface area contributed by atoms with Crippen LogP contribution in [0.1, 0.15) is 34.6 Å². The van der Waals surface area contributed by atoms with Gasteiger partial charge in [-0.25, -0.2) is 0 Å². The highest BCUT2D eigenvalue weighted by atomic mass is 16.6. The summed E-state index contributed by atoms with van der Waals surface area (Å²) in [7, 11) is 0.0126. The van der Waals surface area contributed by atoms with Crippen LogP contribution in [-0.4, -0.2) is 20.3 Å². The van der Waals surface area contributed by atoms with E-state index < -0.39 is 0 Å². The zero-order valence-electron chi connectivity index (χ0n) is 9.46. The Morgan fingerprint density at radius 1 is 1.15 bits per heavy atom. The molecule has 0 unspecified atom stereocenters. The summed E-state index contributed by atoms with van der Waals surface area (Å²) >= 11 is 0. The molecule has 13 heavy (non-hydrogen) atoms. The zero-order valence-corrected chi connectivity index (χ0v) is 9.46. The molecule has 0 bridgehead atoms. The molecule has 0 aliphatic carbocycles. The van der Waals surface area contributed by atoms with Gasteiger partial charge in [-0.15, -0.1) is 0 Å². The van der Waals surface area contributed by atoms with Crippen molar-refractivity contribution in [2.45, 2.75) is 40.4 Å². The van der Waals surface area contributed by atoms with Crippen LogP contribution in [0.25, 0.3) is 0 Å². The molecule has 1 saturated heterocycles. The molecule has 1 fully saturated rings. The molecule has 0 aromatic heterocycles. The van der Waals surface area contributed by atoms with Crippen molar-refractivity contribution < 1.29 is 9.31 Å². The standard InChI is InChI=1S/C10H21BO2/c1-8(2)11-12-6-9(7-13-11)10(3,4)5/h8-9H,6-7H2,1-5H3. The predicted octanol–water partition coefficient (Wildman–Crippen LogP) is 2.59. The van der Waals surface area contributed by atoms with Crippen molar-refractivity contribution in [1.82, 2.24) is 0 Å². The Labute approximate surface area is 82.1 Å². The van der Waals surface area contributed by atoms with Crippen molar-refractivity contribution in [3.05, 3.63) is 0 Å². The van der Waals surface area contributed by atoms with E-state index in [1.165, 1.54) is 0 Å². The Kier molecular flexibility index (Phi) is 3.41. The van der Waals surface area contributed by atoms with E-state index in [0.29, 0.717) is 17.2 Å². The molecule has 1 heterocycles. The fourth-order valence-corrected chi connectivity index (χ4v) is 1.40. The maximum Gasteiger partial charge on any atom is 0.459 e. The van der Waals surface area contributed by atoms with Gasteiger partial charge in [-0.2, -0.15) is 0 Å². The highest BCUT2D eigenvalue weighted by Crippen LogP contribution is 2.30.